The van der Waals surface area contributed by atoms with Gasteiger partial charge in [-0.1, -0.05) is 15.9 Å². The highest BCUT2D eigenvalue weighted by atomic mass is 79.9. The molecule has 0 spiro atoms. The summed E-state index contributed by atoms with van der Waals surface area (Å²) in [7, 11) is -1.44. The van der Waals surface area contributed by atoms with Crippen LogP contribution in [0, 0.1) is 6.92 Å². The van der Waals surface area contributed by atoms with Crippen molar-refractivity contribution in [2.24, 2.45) is 0 Å². The lowest BCUT2D eigenvalue weighted by molar-refractivity contribution is 0.597. The zero-order valence-electron chi connectivity index (χ0n) is 9.96. The van der Waals surface area contributed by atoms with Gasteiger partial charge in [-0.15, -0.1) is 0 Å². The minimum absolute atomic E-state index is 0.128. The molecule has 0 radical (unpaired) electrons. The lowest BCUT2D eigenvalue weighted by Crippen LogP contribution is -2.20. The number of anilines is 1. The van der Waals surface area contributed by atoms with Crippen LogP contribution < -0.4 is 10.0 Å². The first kappa shape index (κ1) is 14.5. The largest absolute Gasteiger partial charge is 0.320 e. The van der Waals surface area contributed by atoms with Crippen LogP contribution in [-0.2, 0) is 10.0 Å². The highest BCUT2D eigenvalue weighted by Gasteiger charge is 2.11. The standard InChI is InChI=1S/C11H17BrN2O2S/c1-9-8-10(12)4-5-11(9)14-17(15,16)7-3-6-13-2/h4-5,8,13-14H,3,6-7H2,1-2H3. The van der Waals surface area contributed by atoms with Crippen LogP contribution in [-0.4, -0.2) is 27.8 Å². The van der Waals surface area contributed by atoms with Crippen molar-refractivity contribution in [3.05, 3.63) is 28.2 Å². The Kier molecular flexibility index (Phi) is 5.42. The Morgan fingerprint density at radius 3 is 2.65 bits per heavy atom. The molecule has 0 aliphatic heterocycles. The van der Waals surface area contributed by atoms with Crippen LogP contribution in [0.3, 0.4) is 0 Å². The van der Waals surface area contributed by atoms with Gasteiger partial charge in [0.15, 0.2) is 0 Å². The van der Waals surface area contributed by atoms with Crippen LogP contribution in [0.4, 0.5) is 5.69 Å². The number of halogens is 1. The van der Waals surface area contributed by atoms with E-state index in [0.717, 1.165) is 10.0 Å². The molecule has 0 aromatic heterocycles. The molecule has 17 heavy (non-hydrogen) atoms. The highest BCUT2D eigenvalue weighted by Crippen LogP contribution is 2.21. The van der Waals surface area contributed by atoms with Crippen LogP contribution >= 0.6 is 15.9 Å². The van der Waals surface area contributed by atoms with Crippen molar-refractivity contribution < 1.29 is 8.42 Å². The second-order valence-corrected chi connectivity index (χ2v) is 6.59. The van der Waals surface area contributed by atoms with Crippen molar-refractivity contribution >= 4 is 31.6 Å². The van der Waals surface area contributed by atoms with E-state index in [-0.39, 0.29) is 5.75 Å². The van der Waals surface area contributed by atoms with Crippen LogP contribution in [0.2, 0.25) is 0 Å². The Morgan fingerprint density at radius 1 is 1.35 bits per heavy atom. The SMILES string of the molecule is CNCCCS(=O)(=O)Nc1ccc(Br)cc1C. The fraction of sp³-hybridized carbons (Fsp3) is 0.455. The summed E-state index contributed by atoms with van der Waals surface area (Å²) < 4.78 is 27.1. The van der Waals surface area contributed by atoms with E-state index >= 15 is 0 Å². The quantitative estimate of drug-likeness (QED) is 0.789. The van der Waals surface area contributed by atoms with Gasteiger partial charge in [-0.2, -0.15) is 0 Å². The summed E-state index contributed by atoms with van der Waals surface area (Å²) in [6.45, 7) is 2.57. The Bertz CT molecular complexity index is 474. The Balaban J connectivity index is 2.69. The number of sulfonamides is 1. The van der Waals surface area contributed by atoms with Gasteiger partial charge in [0.25, 0.3) is 0 Å². The monoisotopic (exact) mass is 320 g/mol. The molecule has 0 heterocycles. The average Bonchev–Trinajstić information content (AvgIpc) is 2.22. The van der Waals surface area contributed by atoms with Crippen LogP contribution in [0.1, 0.15) is 12.0 Å². The third kappa shape index (κ3) is 5.06. The maximum atomic E-state index is 11.8. The van der Waals surface area contributed by atoms with E-state index in [1.807, 2.05) is 19.1 Å². The molecule has 0 aliphatic carbocycles. The molecule has 0 saturated heterocycles. The van der Waals surface area contributed by atoms with E-state index in [0.29, 0.717) is 18.7 Å². The molecule has 6 heteroatoms. The maximum absolute atomic E-state index is 11.8. The first-order chi connectivity index (χ1) is 7.94. The van der Waals surface area contributed by atoms with E-state index in [4.69, 9.17) is 0 Å². The minimum Gasteiger partial charge on any atom is -0.320 e. The van der Waals surface area contributed by atoms with Gasteiger partial charge < -0.3 is 5.32 Å². The van der Waals surface area contributed by atoms with Gasteiger partial charge in [-0.05, 0) is 50.7 Å². The van der Waals surface area contributed by atoms with Crippen molar-refractivity contribution in [3.8, 4) is 0 Å². The molecule has 0 unspecified atom stereocenters. The zero-order valence-corrected chi connectivity index (χ0v) is 12.4. The molecule has 96 valence electrons. The van der Waals surface area contributed by atoms with E-state index in [1.165, 1.54) is 0 Å². The molecule has 0 bridgehead atoms. The van der Waals surface area contributed by atoms with E-state index < -0.39 is 10.0 Å². The van der Waals surface area contributed by atoms with E-state index in [1.54, 1.807) is 13.1 Å². The smallest absolute Gasteiger partial charge is 0.232 e. The van der Waals surface area contributed by atoms with Gasteiger partial charge in [0, 0.05) is 4.47 Å². The fourth-order valence-corrected chi connectivity index (χ4v) is 3.07. The highest BCUT2D eigenvalue weighted by molar-refractivity contribution is 9.10. The summed E-state index contributed by atoms with van der Waals surface area (Å²) in [4.78, 5) is 0. The second-order valence-electron chi connectivity index (χ2n) is 3.84. The molecule has 0 fully saturated rings. The summed E-state index contributed by atoms with van der Waals surface area (Å²) in [6, 6.07) is 5.46. The topological polar surface area (TPSA) is 58.2 Å². The van der Waals surface area contributed by atoms with Gasteiger partial charge in [-0.25, -0.2) is 8.42 Å². The minimum atomic E-state index is -3.25. The third-order valence-electron chi connectivity index (χ3n) is 2.29. The van der Waals surface area contributed by atoms with E-state index in [9.17, 15) is 8.42 Å². The molecule has 0 saturated carbocycles. The van der Waals surface area contributed by atoms with Crippen LogP contribution in [0.25, 0.3) is 0 Å². The van der Waals surface area contributed by atoms with E-state index in [2.05, 4.69) is 26.0 Å². The third-order valence-corrected chi connectivity index (χ3v) is 4.14. The predicted octanol–water partition coefficient (Wildman–Crippen LogP) is 2.11. The van der Waals surface area contributed by atoms with Gasteiger partial charge in [0.2, 0.25) is 10.0 Å². The second kappa shape index (κ2) is 6.37. The summed E-state index contributed by atoms with van der Waals surface area (Å²) in [6.07, 6.45) is 0.599. The van der Waals surface area contributed by atoms with Gasteiger partial charge >= 0.3 is 0 Å². The molecule has 0 atom stereocenters. The van der Waals surface area contributed by atoms with Crippen molar-refractivity contribution in [2.75, 3.05) is 24.1 Å². The normalized spacial score (nSPS) is 11.5. The van der Waals surface area contributed by atoms with Crippen LogP contribution in [0.15, 0.2) is 22.7 Å². The zero-order chi connectivity index (χ0) is 12.9. The number of hydrogen-bond acceptors (Lipinski definition) is 3. The maximum Gasteiger partial charge on any atom is 0.232 e. The molecule has 1 aromatic carbocycles. The van der Waals surface area contributed by atoms with Crippen molar-refractivity contribution in [1.29, 1.82) is 0 Å². The van der Waals surface area contributed by atoms with Gasteiger partial charge in [0.05, 0.1) is 11.4 Å². The summed E-state index contributed by atoms with van der Waals surface area (Å²) in [5.41, 5.74) is 1.54. The Labute approximate surface area is 111 Å². The molecule has 0 aliphatic rings. The summed E-state index contributed by atoms with van der Waals surface area (Å²) in [5, 5.41) is 2.92. The van der Waals surface area contributed by atoms with Crippen molar-refractivity contribution in [1.82, 2.24) is 5.32 Å². The molecule has 0 amide bonds. The summed E-state index contributed by atoms with van der Waals surface area (Å²) in [5.74, 6) is 0.128. The Morgan fingerprint density at radius 2 is 2.06 bits per heavy atom. The molecule has 2 N–H and O–H groups in total. The molecular formula is C11H17BrN2O2S. The first-order valence-electron chi connectivity index (χ1n) is 5.36. The molecule has 1 aromatic rings. The number of nitrogens with one attached hydrogen (secondary N) is 2. The fourth-order valence-electron chi connectivity index (χ4n) is 1.40. The number of rotatable bonds is 6. The lowest BCUT2D eigenvalue weighted by atomic mass is 10.2. The average molecular weight is 321 g/mol. The van der Waals surface area contributed by atoms with Crippen molar-refractivity contribution in [3.63, 3.8) is 0 Å². The molecular weight excluding hydrogens is 304 g/mol. The predicted molar refractivity (Wildman–Crippen MR) is 74.8 cm³/mol. The van der Waals surface area contributed by atoms with Gasteiger partial charge in [0.1, 0.15) is 0 Å². The Hall–Kier alpha value is -0.590. The number of hydrogen-bond donors (Lipinski definition) is 2. The van der Waals surface area contributed by atoms with Crippen LogP contribution in [0.5, 0.6) is 0 Å². The number of aryl methyl sites for hydroxylation is 1. The van der Waals surface area contributed by atoms with Gasteiger partial charge in [-0.3, -0.25) is 4.72 Å². The first-order valence-corrected chi connectivity index (χ1v) is 7.80. The lowest BCUT2D eigenvalue weighted by Gasteiger charge is -2.10. The number of benzene rings is 1. The molecule has 4 nitrogen and oxygen atoms in total. The van der Waals surface area contributed by atoms with Crippen molar-refractivity contribution in [2.45, 2.75) is 13.3 Å². The molecule has 1 rings (SSSR count). The summed E-state index contributed by atoms with van der Waals surface area (Å²) >= 11 is 3.34.